The Morgan fingerprint density at radius 1 is 1.34 bits per heavy atom. The van der Waals surface area contributed by atoms with Gasteiger partial charge >= 0.3 is 12.1 Å². The van der Waals surface area contributed by atoms with Gasteiger partial charge in [0.1, 0.15) is 11.9 Å². The molecule has 1 aliphatic heterocycles. The predicted octanol–water partition coefficient (Wildman–Crippen LogP) is 4.34. The number of carbonyl (C=O) groups is 1. The van der Waals surface area contributed by atoms with Gasteiger partial charge in [-0.15, -0.1) is 0 Å². The minimum atomic E-state index is -4.60. The average molecular weight is 417 g/mol. The molecule has 2 heterocycles. The summed E-state index contributed by atoms with van der Waals surface area (Å²) in [4.78, 5) is 21.0. The molecule has 6 nitrogen and oxygen atoms in total. The number of hydrogen-bond acceptors (Lipinski definition) is 5. The van der Waals surface area contributed by atoms with Gasteiger partial charge in [-0.2, -0.15) is 13.2 Å². The number of rotatable bonds is 8. The number of carboxylic acids is 1. The van der Waals surface area contributed by atoms with Crippen LogP contribution in [0.4, 0.5) is 17.6 Å². The van der Waals surface area contributed by atoms with Crippen LogP contribution in [0.1, 0.15) is 45.2 Å². The molecule has 10 heteroatoms. The Labute approximate surface area is 165 Å². The summed E-state index contributed by atoms with van der Waals surface area (Å²) in [6.45, 7) is 4.19. The summed E-state index contributed by atoms with van der Waals surface area (Å²) >= 11 is 0. The molecule has 0 saturated carbocycles. The summed E-state index contributed by atoms with van der Waals surface area (Å²) < 4.78 is 55.3. The van der Waals surface area contributed by atoms with Crippen LogP contribution in [0.2, 0.25) is 0 Å². The fourth-order valence-electron chi connectivity index (χ4n) is 2.83. The zero-order valence-corrected chi connectivity index (χ0v) is 16.3. The molecule has 1 aliphatic rings. The normalized spacial score (nSPS) is 18.0. The fraction of sp³-hybridized carbons (Fsp3) is 0.526. The standard InChI is InChI=1S/C19H23F4N3O3/c1-11(2)4-5-16-25-15(18(27)28)6-7-26(16)12(3)13-8-14(20)17(24-9-13)29-10-19(21,22)23/h6-9,11-12,16H,4-5,10H2,1-3H3,(H,27,28). The monoisotopic (exact) mass is 417 g/mol. The molecule has 0 aromatic carbocycles. The zero-order chi connectivity index (χ0) is 21.8. The maximum Gasteiger partial charge on any atom is 0.422 e. The Hall–Kier alpha value is -2.65. The zero-order valence-electron chi connectivity index (χ0n) is 16.3. The van der Waals surface area contributed by atoms with Crippen LogP contribution < -0.4 is 4.74 Å². The Kier molecular flexibility index (Phi) is 7.21. The van der Waals surface area contributed by atoms with E-state index in [2.05, 4.69) is 14.7 Å². The highest BCUT2D eigenvalue weighted by atomic mass is 19.4. The molecule has 0 radical (unpaired) electrons. The van der Waals surface area contributed by atoms with Crippen LogP contribution in [0.25, 0.3) is 0 Å². The number of aliphatic imine (C=N–C) groups is 1. The van der Waals surface area contributed by atoms with E-state index in [0.717, 1.165) is 12.5 Å². The Bertz CT molecular complexity index is 793. The number of halogens is 4. The number of hydrogen-bond donors (Lipinski definition) is 1. The first-order valence-corrected chi connectivity index (χ1v) is 9.09. The molecule has 1 N–H and O–H groups in total. The smallest absolute Gasteiger partial charge is 0.422 e. The number of pyridine rings is 1. The van der Waals surface area contributed by atoms with Gasteiger partial charge in [0.05, 0.1) is 6.04 Å². The lowest BCUT2D eigenvalue weighted by Crippen LogP contribution is -2.36. The fourth-order valence-corrected chi connectivity index (χ4v) is 2.83. The van der Waals surface area contributed by atoms with Gasteiger partial charge in [-0.3, -0.25) is 4.99 Å². The van der Waals surface area contributed by atoms with Gasteiger partial charge < -0.3 is 14.7 Å². The van der Waals surface area contributed by atoms with Gasteiger partial charge in [0.15, 0.2) is 12.4 Å². The summed E-state index contributed by atoms with van der Waals surface area (Å²) in [5.41, 5.74) is 0.331. The van der Waals surface area contributed by atoms with Gasteiger partial charge in [0.2, 0.25) is 0 Å². The van der Waals surface area contributed by atoms with E-state index >= 15 is 0 Å². The lowest BCUT2D eigenvalue weighted by molar-refractivity contribution is -0.154. The van der Waals surface area contributed by atoms with Crippen molar-refractivity contribution in [3.63, 3.8) is 0 Å². The van der Waals surface area contributed by atoms with Crippen molar-refractivity contribution in [2.45, 2.75) is 52.0 Å². The molecule has 1 aromatic heterocycles. The molecule has 0 fully saturated rings. The third kappa shape index (κ3) is 6.43. The minimum absolute atomic E-state index is 0.0672. The van der Waals surface area contributed by atoms with E-state index in [1.54, 1.807) is 18.0 Å². The maximum atomic E-state index is 14.2. The first-order valence-electron chi connectivity index (χ1n) is 9.09. The molecule has 29 heavy (non-hydrogen) atoms. The molecular weight excluding hydrogens is 394 g/mol. The third-order valence-corrected chi connectivity index (χ3v) is 4.39. The lowest BCUT2D eigenvalue weighted by atomic mass is 10.0. The number of aliphatic carboxylic acids is 1. The van der Waals surface area contributed by atoms with Crippen LogP contribution in [0, 0.1) is 11.7 Å². The van der Waals surface area contributed by atoms with E-state index in [1.165, 1.54) is 12.3 Å². The van der Waals surface area contributed by atoms with E-state index in [4.69, 9.17) is 0 Å². The molecule has 2 atom stereocenters. The summed E-state index contributed by atoms with van der Waals surface area (Å²) in [6, 6.07) is 0.619. The highest BCUT2D eigenvalue weighted by Crippen LogP contribution is 2.30. The van der Waals surface area contributed by atoms with Crippen LogP contribution in [0.3, 0.4) is 0 Å². The van der Waals surface area contributed by atoms with E-state index in [9.17, 15) is 27.5 Å². The first kappa shape index (κ1) is 22.6. The van der Waals surface area contributed by atoms with Crippen molar-refractivity contribution in [1.82, 2.24) is 9.88 Å². The van der Waals surface area contributed by atoms with E-state index in [1.807, 2.05) is 13.8 Å². The Morgan fingerprint density at radius 3 is 2.59 bits per heavy atom. The van der Waals surface area contributed by atoms with Gasteiger partial charge in [0.25, 0.3) is 5.88 Å². The quantitative estimate of drug-likeness (QED) is 0.637. The third-order valence-electron chi connectivity index (χ3n) is 4.39. The van der Waals surface area contributed by atoms with Crippen molar-refractivity contribution in [3.8, 4) is 5.88 Å². The number of aromatic nitrogens is 1. The largest absolute Gasteiger partial charge is 0.477 e. The van der Waals surface area contributed by atoms with Crippen molar-refractivity contribution in [2.75, 3.05) is 6.61 Å². The number of nitrogens with zero attached hydrogens (tertiary/aromatic N) is 3. The summed E-state index contributed by atoms with van der Waals surface area (Å²) in [5, 5.41) is 9.20. The van der Waals surface area contributed by atoms with Gasteiger partial charge in [0, 0.05) is 12.4 Å². The Morgan fingerprint density at radius 2 is 2.03 bits per heavy atom. The number of carboxylic acid groups (broad SMARTS) is 1. The second-order valence-electron chi connectivity index (χ2n) is 7.17. The predicted molar refractivity (Wildman–Crippen MR) is 98.1 cm³/mol. The highest BCUT2D eigenvalue weighted by Gasteiger charge is 2.30. The SMILES string of the molecule is CC(C)CCC1N=C(C(=O)O)C=CN1C(C)c1cnc(OCC(F)(F)F)c(F)c1. The van der Waals surface area contributed by atoms with Crippen LogP contribution in [0.5, 0.6) is 5.88 Å². The van der Waals surface area contributed by atoms with Crippen molar-refractivity contribution < 1.29 is 32.2 Å². The molecule has 0 saturated heterocycles. The molecule has 160 valence electrons. The van der Waals surface area contributed by atoms with Gasteiger partial charge in [-0.25, -0.2) is 14.2 Å². The second kappa shape index (κ2) is 9.23. The molecule has 0 bridgehead atoms. The first-order chi connectivity index (χ1) is 13.5. The van der Waals surface area contributed by atoms with Crippen LogP contribution in [0.15, 0.2) is 29.5 Å². The molecule has 0 amide bonds. The lowest BCUT2D eigenvalue weighted by Gasteiger charge is -2.36. The van der Waals surface area contributed by atoms with Crippen molar-refractivity contribution in [1.29, 1.82) is 0 Å². The molecule has 2 unspecified atom stereocenters. The molecule has 0 spiro atoms. The highest BCUT2D eigenvalue weighted by molar-refractivity contribution is 6.40. The van der Waals surface area contributed by atoms with Crippen LogP contribution in [-0.4, -0.2) is 45.6 Å². The number of alkyl halides is 3. The van der Waals surface area contributed by atoms with E-state index < -0.39 is 42.7 Å². The van der Waals surface area contributed by atoms with Crippen LogP contribution >= 0.6 is 0 Å². The second-order valence-corrected chi connectivity index (χ2v) is 7.17. The summed E-state index contributed by atoms with van der Waals surface area (Å²) in [6.07, 6.45) is 0.507. The topological polar surface area (TPSA) is 75.0 Å². The summed E-state index contributed by atoms with van der Waals surface area (Å²) in [7, 11) is 0. The van der Waals surface area contributed by atoms with E-state index in [0.29, 0.717) is 17.9 Å². The Balaban J connectivity index is 2.20. The molecule has 2 rings (SSSR count). The van der Waals surface area contributed by atoms with E-state index in [-0.39, 0.29) is 5.71 Å². The molecule has 1 aromatic rings. The maximum absolute atomic E-state index is 14.2. The molecular formula is C19H23F4N3O3. The van der Waals surface area contributed by atoms with Gasteiger partial charge in [-0.05, 0) is 43.4 Å². The molecule has 0 aliphatic carbocycles. The van der Waals surface area contributed by atoms with Crippen molar-refractivity contribution in [3.05, 3.63) is 35.9 Å². The van der Waals surface area contributed by atoms with Crippen LogP contribution in [-0.2, 0) is 4.79 Å². The summed E-state index contributed by atoms with van der Waals surface area (Å²) in [5.74, 6) is -2.49. The van der Waals surface area contributed by atoms with Crippen molar-refractivity contribution >= 4 is 11.7 Å². The average Bonchev–Trinajstić information content (AvgIpc) is 2.63. The van der Waals surface area contributed by atoms with Gasteiger partial charge in [-0.1, -0.05) is 13.8 Å². The van der Waals surface area contributed by atoms with Crippen molar-refractivity contribution in [2.24, 2.45) is 10.9 Å². The number of ether oxygens (including phenoxy) is 1. The minimum Gasteiger partial charge on any atom is -0.477 e.